The van der Waals surface area contributed by atoms with Crippen molar-refractivity contribution in [3.8, 4) is 11.5 Å². The van der Waals surface area contributed by atoms with Gasteiger partial charge < -0.3 is 14.4 Å². The summed E-state index contributed by atoms with van der Waals surface area (Å²) in [5, 5.41) is 12.4. The average Bonchev–Trinajstić information content (AvgIpc) is 2.96. The number of hydrogen-bond acceptors (Lipinski definition) is 9. The molecular weight excluding hydrogens is 504 g/mol. The number of benzene rings is 2. The third-order valence-electron chi connectivity index (χ3n) is 7.35. The summed E-state index contributed by atoms with van der Waals surface area (Å²) in [4.78, 5) is 49.1. The molecule has 0 bridgehead atoms. The van der Waals surface area contributed by atoms with Gasteiger partial charge in [-0.1, -0.05) is 13.3 Å². The molecule has 0 atom stereocenters. The highest BCUT2D eigenvalue weighted by Gasteiger charge is 2.27. The van der Waals surface area contributed by atoms with E-state index in [4.69, 9.17) is 9.47 Å². The van der Waals surface area contributed by atoms with Gasteiger partial charge in [-0.05, 0) is 31.4 Å². The van der Waals surface area contributed by atoms with Crippen LogP contribution >= 0.6 is 0 Å². The highest BCUT2D eigenvalue weighted by molar-refractivity contribution is 5.92. The van der Waals surface area contributed by atoms with Crippen LogP contribution in [-0.2, 0) is 6.54 Å². The molecule has 1 saturated heterocycles. The average molecular weight is 535 g/mol. The molecular formula is C27H30N6O6. The van der Waals surface area contributed by atoms with Crippen LogP contribution in [0.3, 0.4) is 0 Å². The van der Waals surface area contributed by atoms with Crippen LogP contribution in [0.5, 0.6) is 11.5 Å². The maximum Gasteiger partial charge on any atom is 0.331 e. The number of piperidine rings is 1. The standard InChI is InChI=1S/C27H30N6O6/c1-4-5-10-31-22-7-6-18(33(36)37)13-20(22)26(34)32(27(31)35)17-8-11-30(12-9-17)25-19-14-23(38-2)24(39-3)15-21(19)28-16-29-25/h6-7,13-17H,4-5,8-12H2,1-3H3. The Morgan fingerprint density at radius 2 is 1.74 bits per heavy atom. The molecule has 12 nitrogen and oxygen atoms in total. The van der Waals surface area contributed by atoms with E-state index >= 15 is 0 Å². The lowest BCUT2D eigenvalue weighted by Gasteiger charge is -2.34. The molecule has 0 radical (unpaired) electrons. The van der Waals surface area contributed by atoms with Gasteiger partial charge in [0.1, 0.15) is 12.1 Å². The molecule has 0 spiro atoms. The van der Waals surface area contributed by atoms with Crippen LogP contribution in [0.25, 0.3) is 21.8 Å². The molecule has 204 valence electrons. The Morgan fingerprint density at radius 1 is 1.03 bits per heavy atom. The van der Waals surface area contributed by atoms with E-state index in [0.29, 0.717) is 55.0 Å². The zero-order chi connectivity index (χ0) is 27.7. The lowest BCUT2D eigenvalue weighted by Crippen LogP contribution is -2.46. The zero-order valence-electron chi connectivity index (χ0n) is 22.1. The second kappa shape index (κ2) is 10.7. The van der Waals surface area contributed by atoms with Crippen LogP contribution in [0, 0.1) is 10.1 Å². The summed E-state index contributed by atoms with van der Waals surface area (Å²) in [6.45, 7) is 3.56. The first-order valence-electron chi connectivity index (χ1n) is 12.9. The van der Waals surface area contributed by atoms with E-state index in [1.165, 1.54) is 29.1 Å². The van der Waals surface area contributed by atoms with Crippen molar-refractivity contribution in [3.05, 3.63) is 67.6 Å². The SMILES string of the molecule is CCCCn1c(=O)n(C2CCN(c3ncnc4cc(OC)c(OC)cc34)CC2)c(=O)c2cc([N+](=O)[O-])ccc21. The minimum absolute atomic E-state index is 0.177. The number of methoxy groups -OCH3 is 2. The molecule has 39 heavy (non-hydrogen) atoms. The van der Waals surface area contributed by atoms with Crippen molar-refractivity contribution in [2.75, 3.05) is 32.2 Å². The van der Waals surface area contributed by atoms with Crippen LogP contribution in [-0.4, -0.2) is 51.3 Å². The van der Waals surface area contributed by atoms with Crippen LogP contribution in [0.2, 0.25) is 0 Å². The van der Waals surface area contributed by atoms with E-state index < -0.39 is 10.5 Å². The molecule has 12 heteroatoms. The fourth-order valence-electron chi connectivity index (χ4n) is 5.31. The number of ether oxygens (including phenoxy) is 2. The van der Waals surface area contributed by atoms with Gasteiger partial charge in [-0.2, -0.15) is 0 Å². The van der Waals surface area contributed by atoms with Crippen molar-refractivity contribution in [3.63, 3.8) is 0 Å². The number of non-ortho nitro benzene ring substituents is 1. The molecule has 0 amide bonds. The van der Waals surface area contributed by atoms with Gasteiger partial charge in [0.2, 0.25) is 0 Å². The molecule has 2 aromatic carbocycles. The zero-order valence-corrected chi connectivity index (χ0v) is 22.1. The maximum atomic E-state index is 13.6. The van der Waals surface area contributed by atoms with Crippen LogP contribution < -0.4 is 25.6 Å². The van der Waals surface area contributed by atoms with Gasteiger partial charge in [0, 0.05) is 49.3 Å². The summed E-state index contributed by atoms with van der Waals surface area (Å²) in [6, 6.07) is 7.42. The topological polar surface area (TPSA) is 135 Å². The number of hydrogen-bond donors (Lipinski definition) is 0. The van der Waals surface area contributed by atoms with Gasteiger partial charge in [0.25, 0.3) is 11.2 Å². The highest BCUT2D eigenvalue weighted by atomic mass is 16.6. The number of fused-ring (bicyclic) bond motifs is 2. The van der Waals surface area contributed by atoms with Gasteiger partial charge in [-0.3, -0.25) is 24.0 Å². The molecule has 0 aliphatic carbocycles. The number of nitro benzene ring substituents is 1. The molecule has 0 saturated carbocycles. The number of anilines is 1. The van der Waals surface area contributed by atoms with Gasteiger partial charge in [-0.25, -0.2) is 14.8 Å². The summed E-state index contributed by atoms with van der Waals surface area (Å²) in [7, 11) is 3.14. The molecule has 5 rings (SSSR count). The van der Waals surface area contributed by atoms with Crippen molar-refractivity contribution >= 4 is 33.3 Å². The largest absolute Gasteiger partial charge is 0.493 e. The summed E-state index contributed by atoms with van der Waals surface area (Å²) < 4.78 is 13.7. The Hall–Kier alpha value is -4.48. The van der Waals surface area contributed by atoms with E-state index in [0.717, 1.165) is 24.0 Å². The van der Waals surface area contributed by atoms with Crippen molar-refractivity contribution in [2.24, 2.45) is 0 Å². The minimum Gasteiger partial charge on any atom is -0.493 e. The second-order valence-electron chi connectivity index (χ2n) is 9.56. The normalized spacial score (nSPS) is 14.2. The van der Waals surface area contributed by atoms with Crippen LogP contribution in [0.1, 0.15) is 38.6 Å². The third-order valence-corrected chi connectivity index (χ3v) is 7.35. The predicted molar refractivity (Wildman–Crippen MR) is 147 cm³/mol. The first kappa shape index (κ1) is 26.1. The van der Waals surface area contributed by atoms with Gasteiger partial charge >= 0.3 is 5.69 Å². The van der Waals surface area contributed by atoms with E-state index in [9.17, 15) is 19.7 Å². The highest BCUT2D eigenvalue weighted by Crippen LogP contribution is 2.36. The number of aryl methyl sites for hydroxylation is 1. The summed E-state index contributed by atoms with van der Waals surface area (Å²) >= 11 is 0. The monoisotopic (exact) mass is 534 g/mol. The first-order chi connectivity index (χ1) is 18.9. The molecule has 1 aliphatic rings. The number of unbranched alkanes of at least 4 members (excludes halogenated alkanes) is 1. The lowest BCUT2D eigenvalue weighted by atomic mass is 10.0. The minimum atomic E-state index is -0.528. The first-order valence-corrected chi connectivity index (χ1v) is 12.9. The Bertz CT molecular complexity index is 1670. The van der Waals surface area contributed by atoms with Crippen LogP contribution in [0.4, 0.5) is 11.5 Å². The number of nitro groups is 1. The number of nitrogens with zero attached hydrogens (tertiary/aromatic N) is 6. The van der Waals surface area contributed by atoms with Crippen LogP contribution in [0.15, 0.2) is 46.2 Å². The second-order valence-corrected chi connectivity index (χ2v) is 9.56. The van der Waals surface area contributed by atoms with E-state index in [1.807, 2.05) is 13.0 Å². The van der Waals surface area contributed by atoms with Crippen molar-refractivity contribution < 1.29 is 14.4 Å². The third kappa shape index (κ3) is 4.66. The van der Waals surface area contributed by atoms with Gasteiger partial charge in [-0.15, -0.1) is 0 Å². The summed E-state index contributed by atoms with van der Waals surface area (Å²) in [5.41, 5.74) is 0.0941. The fraction of sp³-hybridized carbons (Fsp3) is 0.407. The van der Waals surface area contributed by atoms with Gasteiger partial charge in [0.05, 0.1) is 35.6 Å². The lowest BCUT2D eigenvalue weighted by molar-refractivity contribution is -0.384. The summed E-state index contributed by atoms with van der Waals surface area (Å²) in [6.07, 6.45) is 4.17. The Morgan fingerprint density at radius 3 is 2.41 bits per heavy atom. The number of aromatic nitrogens is 4. The Kier molecular flexibility index (Phi) is 7.18. The molecule has 1 fully saturated rings. The van der Waals surface area contributed by atoms with E-state index in [1.54, 1.807) is 24.9 Å². The quantitative estimate of drug-likeness (QED) is 0.245. The molecule has 1 aliphatic heterocycles. The smallest absolute Gasteiger partial charge is 0.331 e. The molecule has 3 heterocycles. The van der Waals surface area contributed by atoms with Crippen molar-refractivity contribution in [1.82, 2.24) is 19.1 Å². The fourth-order valence-corrected chi connectivity index (χ4v) is 5.31. The molecule has 0 unspecified atom stereocenters. The Balaban J connectivity index is 1.51. The van der Waals surface area contributed by atoms with E-state index in [-0.39, 0.29) is 22.8 Å². The molecule has 2 aromatic heterocycles. The molecule has 0 N–H and O–H groups in total. The van der Waals surface area contributed by atoms with Crippen molar-refractivity contribution in [1.29, 1.82) is 0 Å². The molecule has 4 aromatic rings. The maximum absolute atomic E-state index is 13.6. The van der Waals surface area contributed by atoms with Crippen molar-refractivity contribution in [2.45, 2.75) is 45.2 Å². The predicted octanol–water partition coefficient (Wildman–Crippen LogP) is 3.67. The Labute approximate surface area is 223 Å². The van der Waals surface area contributed by atoms with Gasteiger partial charge in [0.15, 0.2) is 11.5 Å². The van der Waals surface area contributed by atoms with E-state index in [2.05, 4.69) is 14.9 Å². The summed E-state index contributed by atoms with van der Waals surface area (Å²) in [5.74, 6) is 1.88. The number of rotatable bonds is 8.